The number of thioether (sulfide) groups is 1. The number of aromatic nitrogens is 2. The summed E-state index contributed by atoms with van der Waals surface area (Å²) in [5, 5.41) is 3.63. The van der Waals surface area contributed by atoms with Crippen LogP contribution < -0.4 is 5.32 Å². The maximum absolute atomic E-state index is 13.6. The summed E-state index contributed by atoms with van der Waals surface area (Å²) in [6.45, 7) is 3.80. The van der Waals surface area contributed by atoms with Crippen molar-refractivity contribution in [2.75, 3.05) is 11.6 Å². The number of nitrogens with zero attached hydrogens (tertiary/aromatic N) is 2. The second-order valence-electron chi connectivity index (χ2n) is 5.03. The number of amides is 1. The lowest BCUT2D eigenvalue weighted by molar-refractivity contribution is -0.116. The normalized spacial score (nSPS) is 10.7. The molecule has 0 aliphatic rings. The molecule has 0 aliphatic heterocycles. The van der Waals surface area contributed by atoms with Gasteiger partial charge < -0.3 is 5.32 Å². The van der Waals surface area contributed by atoms with Gasteiger partial charge in [0.2, 0.25) is 5.91 Å². The minimum Gasteiger partial charge on any atom is -0.324 e. The van der Waals surface area contributed by atoms with Crippen molar-refractivity contribution < 1.29 is 9.18 Å². The average Bonchev–Trinajstić information content (AvgIpc) is 2.49. The molecule has 7 heteroatoms. The van der Waals surface area contributed by atoms with Gasteiger partial charge in [0.25, 0.3) is 0 Å². The van der Waals surface area contributed by atoms with Gasteiger partial charge in [0.1, 0.15) is 5.82 Å². The Morgan fingerprint density at radius 2 is 1.96 bits per heavy atom. The molecule has 1 aromatic heterocycles. The van der Waals surface area contributed by atoms with E-state index in [1.807, 2.05) is 20.1 Å². The van der Waals surface area contributed by atoms with Gasteiger partial charge in [-0.2, -0.15) is 0 Å². The summed E-state index contributed by atoms with van der Waals surface area (Å²) in [5.74, 6) is -0.790. The minimum atomic E-state index is -0.511. The molecule has 0 atom stereocenters. The summed E-state index contributed by atoms with van der Waals surface area (Å²) < 4.78 is 13.6. The van der Waals surface area contributed by atoms with E-state index in [0.717, 1.165) is 17.0 Å². The van der Waals surface area contributed by atoms with E-state index in [-0.39, 0.29) is 18.0 Å². The minimum absolute atomic E-state index is 0.0879. The number of anilines is 1. The van der Waals surface area contributed by atoms with Gasteiger partial charge in [0.15, 0.2) is 5.16 Å². The highest BCUT2D eigenvalue weighted by molar-refractivity contribution is 7.98. The van der Waals surface area contributed by atoms with E-state index >= 15 is 0 Å². The molecule has 0 radical (unpaired) electrons. The number of carbonyl (C=O) groups is 1. The quantitative estimate of drug-likeness (QED) is 0.647. The van der Waals surface area contributed by atoms with Crippen molar-refractivity contribution >= 4 is 35.0 Å². The van der Waals surface area contributed by atoms with E-state index in [0.29, 0.717) is 16.6 Å². The zero-order chi connectivity index (χ0) is 17.0. The Balaban J connectivity index is 2.03. The molecule has 1 aromatic carbocycles. The summed E-state index contributed by atoms with van der Waals surface area (Å²) in [5.41, 5.74) is 2.77. The van der Waals surface area contributed by atoms with Crippen molar-refractivity contribution in [3.63, 3.8) is 0 Å². The SMILES string of the molecule is CSc1nc(C)c(CCC(=O)Nc2cc(Cl)ccc2F)c(C)n1. The van der Waals surface area contributed by atoms with Gasteiger partial charge in [-0.05, 0) is 50.3 Å². The molecule has 0 saturated heterocycles. The Bertz CT molecular complexity index is 716. The van der Waals surface area contributed by atoms with Crippen LogP contribution in [0.3, 0.4) is 0 Å². The number of benzene rings is 1. The van der Waals surface area contributed by atoms with E-state index < -0.39 is 5.82 Å². The zero-order valence-electron chi connectivity index (χ0n) is 13.1. The number of hydrogen-bond donors (Lipinski definition) is 1. The van der Waals surface area contributed by atoms with Crippen LogP contribution in [-0.4, -0.2) is 22.1 Å². The monoisotopic (exact) mass is 353 g/mol. The maximum atomic E-state index is 13.6. The Hall–Kier alpha value is -1.66. The van der Waals surface area contributed by atoms with Crippen molar-refractivity contribution in [1.82, 2.24) is 9.97 Å². The van der Waals surface area contributed by atoms with Crippen molar-refractivity contribution in [1.29, 1.82) is 0 Å². The summed E-state index contributed by atoms with van der Waals surface area (Å²) in [6, 6.07) is 4.05. The fourth-order valence-electron chi connectivity index (χ4n) is 2.21. The van der Waals surface area contributed by atoms with Gasteiger partial charge in [-0.25, -0.2) is 14.4 Å². The number of rotatable bonds is 5. The predicted molar refractivity (Wildman–Crippen MR) is 91.6 cm³/mol. The van der Waals surface area contributed by atoms with Crippen LogP contribution in [-0.2, 0) is 11.2 Å². The van der Waals surface area contributed by atoms with Crippen molar-refractivity contribution in [3.05, 3.63) is 46.0 Å². The molecule has 23 heavy (non-hydrogen) atoms. The van der Waals surface area contributed by atoms with Crippen LogP contribution in [0.1, 0.15) is 23.4 Å². The molecule has 0 bridgehead atoms. The molecule has 2 rings (SSSR count). The third kappa shape index (κ3) is 4.65. The van der Waals surface area contributed by atoms with E-state index in [2.05, 4.69) is 15.3 Å². The lowest BCUT2D eigenvalue weighted by atomic mass is 10.1. The van der Waals surface area contributed by atoms with E-state index in [1.165, 1.54) is 30.0 Å². The molecule has 122 valence electrons. The van der Waals surface area contributed by atoms with Gasteiger partial charge in [0.05, 0.1) is 5.69 Å². The number of halogens is 2. The molecule has 1 heterocycles. The summed E-state index contributed by atoms with van der Waals surface area (Å²) in [7, 11) is 0. The topological polar surface area (TPSA) is 54.9 Å². The number of hydrogen-bond acceptors (Lipinski definition) is 4. The highest BCUT2D eigenvalue weighted by Crippen LogP contribution is 2.21. The van der Waals surface area contributed by atoms with Crippen LogP contribution >= 0.6 is 23.4 Å². The van der Waals surface area contributed by atoms with Crippen molar-refractivity contribution in [2.45, 2.75) is 31.8 Å². The molecule has 2 aromatic rings. The van der Waals surface area contributed by atoms with E-state index in [1.54, 1.807) is 0 Å². The van der Waals surface area contributed by atoms with Gasteiger partial charge in [0, 0.05) is 22.8 Å². The molecular weight excluding hydrogens is 337 g/mol. The lowest BCUT2D eigenvalue weighted by Crippen LogP contribution is -2.14. The third-order valence-electron chi connectivity index (χ3n) is 3.39. The van der Waals surface area contributed by atoms with Crippen LogP contribution in [0.5, 0.6) is 0 Å². The predicted octanol–water partition coefficient (Wildman–Crippen LogP) is 4.18. The summed E-state index contributed by atoms with van der Waals surface area (Å²) in [6.07, 6.45) is 2.64. The first-order valence-corrected chi connectivity index (χ1v) is 8.64. The van der Waals surface area contributed by atoms with Crippen LogP contribution in [0.25, 0.3) is 0 Å². The Kier molecular flexibility index (Phi) is 5.96. The summed E-state index contributed by atoms with van der Waals surface area (Å²) >= 11 is 7.29. The highest BCUT2D eigenvalue weighted by atomic mass is 35.5. The molecule has 0 saturated carbocycles. The smallest absolute Gasteiger partial charge is 0.224 e. The largest absolute Gasteiger partial charge is 0.324 e. The zero-order valence-corrected chi connectivity index (χ0v) is 14.7. The van der Waals surface area contributed by atoms with Gasteiger partial charge in [-0.3, -0.25) is 4.79 Å². The molecule has 0 aliphatic carbocycles. The van der Waals surface area contributed by atoms with E-state index in [9.17, 15) is 9.18 Å². The first-order chi connectivity index (χ1) is 10.9. The van der Waals surface area contributed by atoms with E-state index in [4.69, 9.17) is 11.6 Å². The molecule has 4 nitrogen and oxygen atoms in total. The van der Waals surface area contributed by atoms with Crippen LogP contribution in [0.4, 0.5) is 10.1 Å². The van der Waals surface area contributed by atoms with Gasteiger partial charge in [-0.15, -0.1) is 0 Å². The van der Waals surface area contributed by atoms with Gasteiger partial charge in [-0.1, -0.05) is 23.4 Å². The average molecular weight is 354 g/mol. The van der Waals surface area contributed by atoms with Crippen molar-refractivity contribution in [3.8, 4) is 0 Å². The fourth-order valence-corrected chi connectivity index (χ4v) is 2.83. The number of carbonyl (C=O) groups excluding carboxylic acids is 1. The molecule has 0 spiro atoms. The Labute approximate surface area is 143 Å². The third-order valence-corrected chi connectivity index (χ3v) is 4.17. The molecule has 1 N–H and O–H groups in total. The molecule has 0 unspecified atom stereocenters. The van der Waals surface area contributed by atoms with Gasteiger partial charge >= 0.3 is 0 Å². The molecule has 0 fully saturated rings. The Morgan fingerprint density at radius 3 is 2.57 bits per heavy atom. The van der Waals surface area contributed by atoms with Crippen LogP contribution in [0.2, 0.25) is 5.02 Å². The van der Waals surface area contributed by atoms with Crippen molar-refractivity contribution in [2.24, 2.45) is 0 Å². The lowest BCUT2D eigenvalue weighted by Gasteiger charge is -2.10. The number of aryl methyl sites for hydroxylation is 2. The standard InChI is InChI=1S/C16H17ClFN3OS/c1-9-12(10(2)20-16(19-9)23-3)5-7-15(22)21-14-8-11(17)4-6-13(14)18/h4,6,8H,5,7H2,1-3H3,(H,21,22). The maximum Gasteiger partial charge on any atom is 0.224 e. The Morgan fingerprint density at radius 1 is 1.30 bits per heavy atom. The van der Waals surface area contributed by atoms with Crippen LogP contribution in [0.15, 0.2) is 23.4 Å². The fraction of sp³-hybridized carbons (Fsp3) is 0.312. The highest BCUT2D eigenvalue weighted by Gasteiger charge is 2.12. The second-order valence-corrected chi connectivity index (χ2v) is 6.24. The molecular formula is C16H17ClFN3OS. The second kappa shape index (κ2) is 7.75. The first-order valence-electron chi connectivity index (χ1n) is 7.03. The summed E-state index contributed by atoms with van der Waals surface area (Å²) in [4.78, 5) is 20.8. The number of nitrogens with one attached hydrogen (secondary N) is 1. The first kappa shape index (κ1) is 17.7. The van der Waals surface area contributed by atoms with Crippen LogP contribution in [0, 0.1) is 19.7 Å². The molecule has 1 amide bonds.